The zero-order valence-electron chi connectivity index (χ0n) is 11.7. The van der Waals surface area contributed by atoms with E-state index in [4.69, 9.17) is 10.7 Å². The van der Waals surface area contributed by atoms with E-state index in [9.17, 15) is 0 Å². The van der Waals surface area contributed by atoms with E-state index in [0.29, 0.717) is 5.82 Å². The lowest BCUT2D eigenvalue weighted by molar-refractivity contribution is 1.16. The van der Waals surface area contributed by atoms with Gasteiger partial charge in [-0.15, -0.1) is 0 Å². The van der Waals surface area contributed by atoms with Gasteiger partial charge in [0.15, 0.2) is 0 Å². The normalized spacial score (nSPS) is 11.2. The van der Waals surface area contributed by atoms with Crippen LogP contribution in [0.2, 0.25) is 0 Å². The molecule has 1 aromatic carbocycles. The van der Waals surface area contributed by atoms with Crippen LogP contribution in [0.1, 0.15) is 16.7 Å². The van der Waals surface area contributed by atoms with E-state index in [1.165, 1.54) is 11.1 Å². The van der Waals surface area contributed by atoms with Gasteiger partial charge in [-0.3, -0.25) is 4.40 Å². The molecule has 102 valence electrons. The Balaban J connectivity index is 2.29. The molecule has 2 heterocycles. The lowest BCUT2D eigenvalue weighted by Crippen LogP contribution is -1.95. The molecule has 0 fully saturated rings. The van der Waals surface area contributed by atoms with Crippen LogP contribution in [0.5, 0.6) is 0 Å². The number of pyridine rings is 1. The van der Waals surface area contributed by atoms with Gasteiger partial charge in [-0.25, -0.2) is 4.98 Å². The first-order valence-electron chi connectivity index (χ1n) is 6.48. The van der Waals surface area contributed by atoms with Gasteiger partial charge < -0.3 is 5.73 Å². The highest BCUT2D eigenvalue weighted by molar-refractivity contribution is 9.10. The van der Waals surface area contributed by atoms with Crippen molar-refractivity contribution in [1.29, 1.82) is 0 Å². The number of rotatable bonds is 1. The molecule has 20 heavy (non-hydrogen) atoms. The van der Waals surface area contributed by atoms with Crippen LogP contribution in [0.4, 0.5) is 5.82 Å². The number of benzene rings is 1. The smallest absolute Gasteiger partial charge is 0.139 e. The summed E-state index contributed by atoms with van der Waals surface area (Å²) in [5.41, 5.74) is 12.7. The van der Waals surface area contributed by atoms with Crippen LogP contribution in [0.25, 0.3) is 16.9 Å². The molecule has 2 N–H and O–H groups in total. The zero-order valence-corrected chi connectivity index (χ0v) is 13.3. The highest BCUT2D eigenvalue weighted by Crippen LogP contribution is 2.31. The molecule has 0 atom stereocenters. The number of nitrogen functional groups attached to an aromatic ring is 1. The minimum absolute atomic E-state index is 0.674. The van der Waals surface area contributed by atoms with Gasteiger partial charge in [-0.2, -0.15) is 0 Å². The van der Waals surface area contributed by atoms with Gasteiger partial charge in [-0.05, 0) is 53.9 Å². The Labute approximate surface area is 126 Å². The van der Waals surface area contributed by atoms with Crippen molar-refractivity contribution < 1.29 is 0 Å². The average molecular weight is 330 g/mol. The fourth-order valence-electron chi connectivity index (χ4n) is 2.46. The molecule has 0 amide bonds. The molecule has 3 rings (SSSR count). The van der Waals surface area contributed by atoms with Crippen molar-refractivity contribution in [2.24, 2.45) is 0 Å². The Morgan fingerprint density at radius 3 is 2.55 bits per heavy atom. The van der Waals surface area contributed by atoms with Gasteiger partial charge in [0.1, 0.15) is 17.2 Å². The molecule has 0 aliphatic rings. The summed E-state index contributed by atoms with van der Waals surface area (Å²) in [6, 6.07) is 8.37. The van der Waals surface area contributed by atoms with Crippen molar-refractivity contribution in [2.45, 2.75) is 20.8 Å². The molecule has 0 radical (unpaired) electrons. The molecule has 3 aromatic rings. The summed E-state index contributed by atoms with van der Waals surface area (Å²) in [4.78, 5) is 4.69. The summed E-state index contributed by atoms with van der Waals surface area (Å²) in [5, 5.41) is 0. The van der Waals surface area contributed by atoms with Gasteiger partial charge in [-0.1, -0.05) is 23.8 Å². The number of aromatic nitrogens is 2. The quantitative estimate of drug-likeness (QED) is 0.724. The number of anilines is 1. The van der Waals surface area contributed by atoms with Crippen molar-refractivity contribution in [3.05, 3.63) is 51.6 Å². The topological polar surface area (TPSA) is 43.3 Å². The zero-order chi connectivity index (χ0) is 14.4. The van der Waals surface area contributed by atoms with Crippen LogP contribution in [-0.2, 0) is 0 Å². The lowest BCUT2D eigenvalue weighted by Gasteiger charge is -2.05. The maximum absolute atomic E-state index is 6.28. The number of fused-ring (bicyclic) bond motifs is 1. The van der Waals surface area contributed by atoms with Gasteiger partial charge >= 0.3 is 0 Å². The average Bonchev–Trinajstić information content (AvgIpc) is 2.68. The summed E-state index contributed by atoms with van der Waals surface area (Å²) in [7, 11) is 0. The maximum Gasteiger partial charge on any atom is 0.139 e. The van der Waals surface area contributed by atoms with Crippen molar-refractivity contribution in [1.82, 2.24) is 9.38 Å². The first-order valence-corrected chi connectivity index (χ1v) is 7.28. The Bertz CT molecular complexity index is 818. The van der Waals surface area contributed by atoms with Gasteiger partial charge in [0.05, 0.1) is 0 Å². The van der Waals surface area contributed by atoms with Crippen LogP contribution in [-0.4, -0.2) is 9.38 Å². The Hall–Kier alpha value is -1.81. The second-order valence-corrected chi connectivity index (χ2v) is 6.05. The summed E-state index contributed by atoms with van der Waals surface area (Å²) in [6.45, 7) is 6.23. The Morgan fingerprint density at radius 2 is 1.85 bits per heavy atom. The van der Waals surface area contributed by atoms with E-state index in [1.54, 1.807) is 0 Å². The highest BCUT2D eigenvalue weighted by Gasteiger charge is 2.14. The van der Waals surface area contributed by atoms with Crippen LogP contribution < -0.4 is 5.73 Å². The monoisotopic (exact) mass is 329 g/mol. The predicted molar refractivity (Wildman–Crippen MR) is 87.0 cm³/mol. The van der Waals surface area contributed by atoms with E-state index in [0.717, 1.165) is 26.9 Å². The first-order chi connectivity index (χ1) is 9.47. The molecule has 0 spiro atoms. The second-order valence-electron chi connectivity index (χ2n) is 5.20. The number of hydrogen-bond acceptors (Lipinski definition) is 2. The van der Waals surface area contributed by atoms with E-state index in [-0.39, 0.29) is 0 Å². The molecule has 4 heteroatoms. The summed E-state index contributed by atoms with van der Waals surface area (Å²) >= 11 is 3.54. The number of imidazole rings is 1. The second kappa shape index (κ2) is 4.63. The fourth-order valence-corrected chi connectivity index (χ4v) is 2.78. The SMILES string of the molecule is Cc1ccc(-c2nc3cc(C)c(Br)cn3c2N)c(C)c1. The molecule has 2 aromatic heterocycles. The highest BCUT2D eigenvalue weighted by atomic mass is 79.9. The first kappa shape index (κ1) is 13.2. The Morgan fingerprint density at radius 1 is 1.10 bits per heavy atom. The fraction of sp³-hybridized carbons (Fsp3) is 0.188. The predicted octanol–water partition coefficient (Wildman–Crippen LogP) is 4.27. The third kappa shape index (κ3) is 2.00. The molecule has 0 aliphatic heterocycles. The Kier molecular flexibility index (Phi) is 3.05. The molecule has 0 saturated heterocycles. The molecular weight excluding hydrogens is 314 g/mol. The van der Waals surface area contributed by atoms with Crippen molar-refractivity contribution in [3.8, 4) is 11.3 Å². The number of nitrogens with zero attached hydrogens (tertiary/aromatic N) is 2. The van der Waals surface area contributed by atoms with Crippen molar-refractivity contribution in [3.63, 3.8) is 0 Å². The molecular formula is C16H16BrN3. The molecule has 3 nitrogen and oxygen atoms in total. The minimum atomic E-state index is 0.674. The van der Waals surface area contributed by atoms with Crippen molar-refractivity contribution >= 4 is 27.4 Å². The van der Waals surface area contributed by atoms with Gasteiger partial charge in [0.25, 0.3) is 0 Å². The van der Waals surface area contributed by atoms with E-state index in [1.807, 2.05) is 23.6 Å². The minimum Gasteiger partial charge on any atom is -0.383 e. The largest absolute Gasteiger partial charge is 0.383 e. The molecule has 0 bridgehead atoms. The number of halogens is 1. The van der Waals surface area contributed by atoms with E-state index in [2.05, 4.69) is 48.0 Å². The lowest BCUT2D eigenvalue weighted by atomic mass is 10.0. The summed E-state index contributed by atoms with van der Waals surface area (Å²) in [6.07, 6.45) is 1.97. The van der Waals surface area contributed by atoms with Crippen molar-refractivity contribution in [2.75, 3.05) is 5.73 Å². The standard InChI is InChI=1S/C16H16BrN3/c1-9-4-5-12(10(2)6-9)15-16(18)20-8-13(17)11(3)7-14(20)19-15/h4-8H,18H2,1-3H3. The third-order valence-corrected chi connectivity index (χ3v) is 4.41. The van der Waals surface area contributed by atoms with Gasteiger partial charge in [0.2, 0.25) is 0 Å². The molecule has 0 saturated carbocycles. The number of aryl methyl sites for hydroxylation is 3. The maximum atomic E-state index is 6.28. The van der Waals surface area contributed by atoms with E-state index >= 15 is 0 Å². The molecule has 0 aliphatic carbocycles. The number of nitrogens with two attached hydrogens (primary N) is 1. The van der Waals surface area contributed by atoms with Crippen LogP contribution in [0.3, 0.4) is 0 Å². The van der Waals surface area contributed by atoms with Gasteiger partial charge in [0, 0.05) is 16.2 Å². The van der Waals surface area contributed by atoms with Crippen LogP contribution in [0, 0.1) is 20.8 Å². The van der Waals surface area contributed by atoms with Crippen LogP contribution >= 0.6 is 15.9 Å². The summed E-state index contributed by atoms with van der Waals surface area (Å²) in [5.74, 6) is 0.674. The molecule has 0 unspecified atom stereocenters. The number of hydrogen-bond donors (Lipinski definition) is 1. The van der Waals surface area contributed by atoms with Crippen LogP contribution in [0.15, 0.2) is 34.9 Å². The third-order valence-electron chi connectivity index (χ3n) is 3.58. The van der Waals surface area contributed by atoms with E-state index < -0.39 is 0 Å². The summed E-state index contributed by atoms with van der Waals surface area (Å²) < 4.78 is 2.95.